The van der Waals surface area contributed by atoms with E-state index in [4.69, 9.17) is 19.2 Å². The molecule has 0 spiro atoms. The molecule has 0 aliphatic carbocycles. The molecule has 8 nitrogen and oxygen atoms in total. The van der Waals surface area contributed by atoms with Gasteiger partial charge in [0.15, 0.2) is 11.5 Å². The van der Waals surface area contributed by atoms with Crippen LogP contribution >= 0.6 is 11.8 Å². The van der Waals surface area contributed by atoms with Gasteiger partial charge in [-0.1, -0.05) is 67.2 Å². The number of nitrogens with zero attached hydrogens (tertiary/aromatic N) is 3. The highest BCUT2D eigenvalue weighted by Crippen LogP contribution is 2.44. The Labute approximate surface area is 261 Å². The fourth-order valence-electron chi connectivity index (χ4n) is 5.02. The monoisotopic (exact) mass is 604 g/mol. The number of thioether (sulfide) groups is 1. The summed E-state index contributed by atoms with van der Waals surface area (Å²) in [6.07, 6.45) is 0.514. The van der Waals surface area contributed by atoms with E-state index >= 15 is 0 Å². The number of fused-ring (bicyclic) bond motifs is 1. The van der Waals surface area contributed by atoms with Gasteiger partial charge in [-0.25, -0.2) is 4.98 Å². The molecule has 0 fully saturated rings. The number of benzene rings is 3. The number of ether oxygens (including phenoxy) is 3. The average Bonchev–Trinajstić information content (AvgIpc) is 3.06. The van der Waals surface area contributed by atoms with E-state index in [1.807, 2.05) is 92.7 Å². The van der Waals surface area contributed by atoms with Gasteiger partial charge in [0.05, 0.1) is 49.0 Å². The lowest BCUT2D eigenvalue weighted by molar-refractivity contribution is -0.115. The number of methoxy groups -OCH3 is 3. The second-order valence-corrected chi connectivity index (χ2v) is 11.2. The third-order valence-corrected chi connectivity index (χ3v) is 8.51. The summed E-state index contributed by atoms with van der Waals surface area (Å²) in [5, 5.41) is 14.4. The van der Waals surface area contributed by atoms with Crippen molar-refractivity contribution in [1.29, 1.82) is 5.26 Å². The van der Waals surface area contributed by atoms with E-state index in [0.717, 1.165) is 22.2 Å². The molecule has 0 aliphatic heterocycles. The number of hydrogen-bond acceptors (Lipinski definition) is 8. The molecule has 44 heavy (non-hydrogen) atoms. The Morgan fingerprint density at radius 1 is 0.909 bits per heavy atom. The van der Waals surface area contributed by atoms with Crippen LogP contribution in [0.3, 0.4) is 0 Å². The molecule has 222 valence electrons. The summed E-state index contributed by atoms with van der Waals surface area (Å²) in [6.45, 7) is 3.84. The topological polar surface area (TPSA) is 106 Å². The Hall–Kier alpha value is -5.07. The van der Waals surface area contributed by atoms with Crippen molar-refractivity contribution in [2.45, 2.75) is 30.5 Å². The number of pyridine rings is 2. The van der Waals surface area contributed by atoms with E-state index in [2.05, 4.69) is 16.4 Å². The quantitative estimate of drug-likeness (QED) is 0.162. The summed E-state index contributed by atoms with van der Waals surface area (Å²) in [5.41, 5.74) is 5.52. The van der Waals surface area contributed by atoms with Crippen molar-refractivity contribution in [3.8, 4) is 45.7 Å². The minimum atomic E-state index is -0.527. The number of aryl methyl sites for hydroxylation is 1. The first-order valence-corrected chi connectivity index (χ1v) is 14.9. The Kier molecular flexibility index (Phi) is 9.32. The van der Waals surface area contributed by atoms with Crippen LogP contribution < -0.4 is 19.5 Å². The third-order valence-electron chi connectivity index (χ3n) is 7.16. The van der Waals surface area contributed by atoms with E-state index in [-0.39, 0.29) is 5.91 Å². The zero-order valence-corrected chi connectivity index (χ0v) is 26.0. The van der Waals surface area contributed by atoms with Crippen molar-refractivity contribution < 1.29 is 19.0 Å². The van der Waals surface area contributed by atoms with Crippen LogP contribution in [-0.2, 0) is 4.79 Å². The number of nitrogens with one attached hydrogen (secondary N) is 1. The molecule has 5 rings (SSSR count). The standard InChI is InChI=1S/C35H32N4O4S/c1-6-32(34(40)38-29-16-21(2)37-27-15-11-10-14-24(27)29)44-35-26(20-36)25(19-28(39-35)22-12-8-7-9-13-22)23-17-30(41-3)33(43-5)31(18-23)42-4/h7-19,32H,6H2,1-5H3,(H,37,38,40). The van der Waals surface area contributed by atoms with Gasteiger partial charge in [-0.15, -0.1) is 0 Å². The first-order chi connectivity index (χ1) is 21.4. The van der Waals surface area contributed by atoms with Crippen LogP contribution in [0.5, 0.6) is 17.2 Å². The highest BCUT2D eigenvalue weighted by atomic mass is 32.2. The van der Waals surface area contributed by atoms with Crippen molar-refractivity contribution in [2.75, 3.05) is 26.6 Å². The average molecular weight is 605 g/mol. The van der Waals surface area contributed by atoms with Crippen molar-refractivity contribution >= 4 is 34.3 Å². The van der Waals surface area contributed by atoms with Crippen LogP contribution in [0.25, 0.3) is 33.3 Å². The lowest BCUT2D eigenvalue weighted by Crippen LogP contribution is -2.25. The molecule has 5 aromatic rings. The van der Waals surface area contributed by atoms with E-state index in [1.165, 1.54) is 11.8 Å². The second kappa shape index (κ2) is 13.5. The normalized spacial score (nSPS) is 11.5. The van der Waals surface area contributed by atoms with Crippen molar-refractivity contribution in [3.63, 3.8) is 0 Å². The minimum Gasteiger partial charge on any atom is -0.493 e. The number of aromatic nitrogens is 2. The SMILES string of the molecule is CCC(Sc1nc(-c2ccccc2)cc(-c2cc(OC)c(OC)c(OC)c2)c1C#N)C(=O)Nc1cc(C)nc2ccccc12. The fourth-order valence-corrected chi connectivity index (χ4v) is 6.04. The molecule has 0 saturated carbocycles. The number of para-hydroxylation sites is 1. The van der Waals surface area contributed by atoms with E-state index < -0.39 is 5.25 Å². The van der Waals surface area contributed by atoms with Gasteiger partial charge in [0.2, 0.25) is 11.7 Å². The third kappa shape index (κ3) is 6.17. The number of nitriles is 1. The molecule has 0 radical (unpaired) electrons. The maximum Gasteiger partial charge on any atom is 0.237 e. The van der Waals surface area contributed by atoms with Crippen LogP contribution in [-0.4, -0.2) is 42.5 Å². The predicted octanol–water partition coefficient (Wildman–Crippen LogP) is 7.68. The smallest absolute Gasteiger partial charge is 0.237 e. The van der Waals surface area contributed by atoms with Gasteiger partial charge in [0, 0.05) is 22.2 Å². The molecule has 2 heterocycles. The van der Waals surface area contributed by atoms with E-state index in [9.17, 15) is 10.1 Å². The molecule has 1 amide bonds. The maximum absolute atomic E-state index is 13.7. The van der Waals surface area contributed by atoms with Gasteiger partial charge < -0.3 is 19.5 Å². The number of carbonyl (C=O) groups excluding carboxylic acids is 1. The lowest BCUT2D eigenvalue weighted by Gasteiger charge is -2.19. The molecule has 2 aromatic heterocycles. The van der Waals surface area contributed by atoms with Crippen molar-refractivity contribution in [1.82, 2.24) is 9.97 Å². The Bertz CT molecular complexity index is 1850. The predicted molar refractivity (Wildman–Crippen MR) is 175 cm³/mol. The van der Waals surface area contributed by atoms with Crippen LogP contribution in [0.2, 0.25) is 0 Å². The summed E-state index contributed by atoms with van der Waals surface area (Å²) in [4.78, 5) is 23.2. The molecule has 1 atom stereocenters. The van der Waals surface area contributed by atoms with Crippen LogP contribution in [0.1, 0.15) is 24.6 Å². The summed E-state index contributed by atoms with van der Waals surface area (Å²) in [7, 11) is 4.64. The summed E-state index contributed by atoms with van der Waals surface area (Å²) in [5.74, 6) is 1.19. The second-order valence-electron chi connectivity index (χ2n) is 9.96. The number of amides is 1. The molecular weight excluding hydrogens is 572 g/mol. The van der Waals surface area contributed by atoms with Crippen molar-refractivity contribution in [2.24, 2.45) is 0 Å². The minimum absolute atomic E-state index is 0.182. The Morgan fingerprint density at radius 2 is 1.59 bits per heavy atom. The van der Waals surface area contributed by atoms with E-state index in [0.29, 0.717) is 56.8 Å². The highest BCUT2D eigenvalue weighted by Gasteiger charge is 2.25. The van der Waals surface area contributed by atoms with Gasteiger partial charge >= 0.3 is 0 Å². The number of hydrogen-bond donors (Lipinski definition) is 1. The largest absolute Gasteiger partial charge is 0.493 e. The number of anilines is 1. The molecule has 3 aromatic carbocycles. The number of rotatable bonds is 10. The number of carbonyl (C=O) groups is 1. The molecule has 0 bridgehead atoms. The fraction of sp³-hybridized carbons (Fsp3) is 0.200. The summed E-state index contributed by atoms with van der Waals surface area (Å²) < 4.78 is 16.7. The van der Waals surface area contributed by atoms with Crippen LogP contribution in [0.15, 0.2) is 83.9 Å². The van der Waals surface area contributed by atoms with Gasteiger partial charge in [0.25, 0.3) is 0 Å². The molecular formula is C35H32N4O4S. The van der Waals surface area contributed by atoms with Gasteiger partial charge in [-0.3, -0.25) is 9.78 Å². The molecule has 1 N–H and O–H groups in total. The first kappa shape index (κ1) is 30.4. The summed E-state index contributed by atoms with van der Waals surface area (Å²) in [6, 6.07) is 27.2. The zero-order chi connectivity index (χ0) is 31.2. The molecule has 9 heteroatoms. The zero-order valence-electron chi connectivity index (χ0n) is 25.2. The van der Waals surface area contributed by atoms with Gasteiger partial charge in [-0.05, 0) is 49.2 Å². The molecule has 0 saturated heterocycles. The molecule has 0 aliphatic rings. The van der Waals surface area contributed by atoms with E-state index in [1.54, 1.807) is 21.3 Å². The van der Waals surface area contributed by atoms with Crippen LogP contribution in [0.4, 0.5) is 5.69 Å². The van der Waals surface area contributed by atoms with Gasteiger partial charge in [-0.2, -0.15) is 5.26 Å². The van der Waals surface area contributed by atoms with Crippen molar-refractivity contribution in [3.05, 3.63) is 90.1 Å². The first-order valence-electron chi connectivity index (χ1n) is 14.1. The van der Waals surface area contributed by atoms with Crippen LogP contribution in [0, 0.1) is 18.3 Å². The molecule has 1 unspecified atom stereocenters. The highest BCUT2D eigenvalue weighted by molar-refractivity contribution is 8.00. The summed E-state index contributed by atoms with van der Waals surface area (Å²) >= 11 is 1.27. The Balaban J connectivity index is 1.61. The lowest BCUT2D eigenvalue weighted by atomic mass is 9.98. The maximum atomic E-state index is 13.7. The Morgan fingerprint density at radius 3 is 2.23 bits per heavy atom. The van der Waals surface area contributed by atoms with Gasteiger partial charge in [0.1, 0.15) is 11.1 Å².